The van der Waals surface area contributed by atoms with Crippen molar-refractivity contribution in [1.29, 1.82) is 0 Å². The van der Waals surface area contributed by atoms with Crippen LogP contribution in [-0.2, 0) is 0 Å². The molecule has 38 heavy (non-hydrogen) atoms. The summed E-state index contributed by atoms with van der Waals surface area (Å²) in [6, 6.07) is 37.4. The van der Waals surface area contributed by atoms with Gasteiger partial charge in [0.15, 0.2) is 11.6 Å². The second-order valence-electron chi connectivity index (χ2n) is 9.41. The Morgan fingerprint density at radius 1 is 0.421 bits per heavy atom. The van der Waals surface area contributed by atoms with Crippen LogP contribution in [0.1, 0.15) is 0 Å². The fourth-order valence-corrected chi connectivity index (χ4v) is 5.68. The minimum atomic E-state index is 0.158. The number of halogens is 1. The summed E-state index contributed by atoms with van der Waals surface area (Å²) in [6.45, 7) is 0. The summed E-state index contributed by atoms with van der Waals surface area (Å²) >= 11 is 6.45. The summed E-state index contributed by atoms with van der Waals surface area (Å²) in [5.41, 5.74) is 3.42. The van der Waals surface area contributed by atoms with Crippen LogP contribution in [0.2, 0.25) is 5.28 Å². The van der Waals surface area contributed by atoms with E-state index in [0.717, 1.165) is 38.5 Å². The van der Waals surface area contributed by atoms with Gasteiger partial charge in [0, 0.05) is 21.9 Å². The van der Waals surface area contributed by atoms with Gasteiger partial charge >= 0.3 is 0 Å². The minimum absolute atomic E-state index is 0.158. The van der Waals surface area contributed by atoms with Crippen LogP contribution in [0.4, 0.5) is 0 Å². The van der Waals surface area contributed by atoms with Gasteiger partial charge in [-0.05, 0) is 74.3 Å². The number of hydrogen-bond acceptors (Lipinski definition) is 4. The molecule has 0 atom stereocenters. The Labute approximate surface area is 222 Å². The summed E-state index contributed by atoms with van der Waals surface area (Å²) in [4.78, 5) is 13.8. The van der Waals surface area contributed by atoms with Gasteiger partial charge in [-0.1, -0.05) is 78.9 Å². The summed E-state index contributed by atoms with van der Waals surface area (Å²) in [7, 11) is 0. The van der Waals surface area contributed by atoms with Crippen LogP contribution in [0, 0.1) is 0 Å². The highest BCUT2D eigenvalue weighted by Crippen LogP contribution is 2.37. The predicted octanol–water partition coefficient (Wildman–Crippen LogP) is 9.22. The molecule has 0 radical (unpaired) electrons. The Hall–Kier alpha value is -4.80. The molecule has 0 spiro atoms. The molecule has 0 aliphatic rings. The zero-order valence-corrected chi connectivity index (χ0v) is 20.8. The van der Waals surface area contributed by atoms with Gasteiger partial charge in [-0.3, -0.25) is 0 Å². The summed E-state index contributed by atoms with van der Waals surface area (Å²) in [5.74, 6) is 1.06. The smallest absolute Gasteiger partial charge is 0.226 e. The normalized spacial score (nSPS) is 11.8. The number of para-hydroxylation sites is 1. The van der Waals surface area contributed by atoms with Crippen molar-refractivity contribution in [3.05, 3.63) is 114 Å². The van der Waals surface area contributed by atoms with Crippen molar-refractivity contribution in [3.63, 3.8) is 0 Å². The number of nitrogens with zero attached hydrogens (tertiary/aromatic N) is 3. The Morgan fingerprint density at radius 3 is 1.55 bits per heavy atom. The van der Waals surface area contributed by atoms with E-state index in [4.69, 9.17) is 21.0 Å². The molecule has 2 aromatic heterocycles. The van der Waals surface area contributed by atoms with Gasteiger partial charge in [-0.25, -0.2) is 4.98 Å². The predicted molar refractivity (Wildman–Crippen MR) is 156 cm³/mol. The molecule has 4 nitrogen and oxygen atoms in total. The topological polar surface area (TPSA) is 51.8 Å². The molecule has 0 unspecified atom stereocenters. The average molecular weight is 508 g/mol. The molecular formula is C33H18ClN3O. The monoisotopic (exact) mass is 507 g/mol. The minimum Gasteiger partial charge on any atom is -0.456 e. The Balaban J connectivity index is 1.33. The van der Waals surface area contributed by atoms with Crippen molar-refractivity contribution in [1.82, 2.24) is 15.0 Å². The second-order valence-corrected chi connectivity index (χ2v) is 9.75. The highest BCUT2D eigenvalue weighted by Gasteiger charge is 2.15. The molecule has 2 heterocycles. The molecule has 0 aliphatic carbocycles. The lowest BCUT2D eigenvalue weighted by Gasteiger charge is -2.12. The molecule has 178 valence electrons. The van der Waals surface area contributed by atoms with Crippen molar-refractivity contribution in [2.45, 2.75) is 0 Å². The fraction of sp³-hybridized carbons (Fsp3) is 0. The van der Waals surface area contributed by atoms with Crippen molar-refractivity contribution >= 4 is 65.9 Å². The molecule has 0 fully saturated rings. The quantitative estimate of drug-likeness (QED) is 0.219. The van der Waals surface area contributed by atoms with E-state index in [2.05, 4.69) is 88.8 Å². The number of hydrogen-bond donors (Lipinski definition) is 0. The zero-order valence-electron chi connectivity index (χ0n) is 20.0. The largest absolute Gasteiger partial charge is 0.456 e. The number of furan rings is 1. The van der Waals surface area contributed by atoms with Gasteiger partial charge in [0.1, 0.15) is 11.2 Å². The number of rotatable bonds is 2. The first kappa shape index (κ1) is 21.3. The fourth-order valence-electron chi connectivity index (χ4n) is 5.52. The van der Waals surface area contributed by atoms with E-state index >= 15 is 0 Å². The highest BCUT2D eigenvalue weighted by atomic mass is 35.5. The summed E-state index contributed by atoms with van der Waals surface area (Å²) in [5, 5.41) is 9.47. The van der Waals surface area contributed by atoms with Crippen molar-refractivity contribution < 1.29 is 4.42 Å². The van der Waals surface area contributed by atoms with Crippen LogP contribution in [0.25, 0.3) is 77.0 Å². The van der Waals surface area contributed by atoms with Crippen molar-refractivity contribution in [2.24, 2.45) is 0 Å². The van der Waals surface area contributed by atoms with E-state index in [-0.39, 0.29) is 5.28 Å². The van der Waals surface area contributed by atoms with Gasteiger partial charge < -0.3 is 4.42 Å². The molecule has 8 rings (SSSR count). The molecule has 6 aromatic carbocycles. The van der Waals surface area contributed by atoms with E-state index in [1.54, 1.807) is 0 Å². The van der Waals surface area contributed by atoms with E-state index < -0.39 is 0 Å². The lowest BCUT2D eigenvalue weighted by molar-refractivity contribution is 0.669. The SMILES string of the molecule is Clc1nc(-c2ccc3oc4ccccc4c3c2)nc(-c2ccc3c4ccccc4c4ccccc4c3c2)n1. The van der Waals surface area contributed by atoms with Gasteiger partial charge in [-0.15, -0.1) is 0 Å². The molecule has 8 aromatic rings. The first-order valence-corrected chi connectivity index (χ1v) is 12.8. The zero-order chi connectivity index (χ0) is 25.2. The Morgan fingerprint density at radius 2 is 0.895 bits per heavy atom. The lowest BCUT2D eigenvalue weighted by atomic mass is 9.93. The van der Waals surface area contributed by atoms with Gasteiger partial charge in [0.2, 0.25) is 5.28 Å². The molecule has 0 saturated heterocycles. The van der Waals surface area contributed by atoms with Crippen LogP contribution in [0.3, 0.4) is 0 Å². The van der Waals surface area contributed by atoms with E-state index in [0.29, 0.717) is 11.6 Å². The van der Waals surface area contributed by atoms with Crippen molar-refractivity contribution in [2.75, 3.05) is 0 Å². The second kappa shape index (κ2) is 8.10. The van der Waals surface area contributed by atoms with Crippen molar-refractivity contribution in [3.8, 4) is 22.8 Å². The molecule has 0 bridgehead atoms. The lowest BCUT2D eigenvalue weighted by Crippen LogP contribution is -1.97. The number of fused-ring (bicyclic) bond motifs is 9. The number of aromatic nitrogens is 3. The molecule has 5 heteroatoms. The first-order valence-electron chi connectivity index (χ1n) is 12.4. The van der Waals surface area contributed by atoms with Crippen LogP contribution >= 0.6 is 11.6 Å². The van der Waals surface area contributed by atoms with E-state index in [1.807, 2.05) is 30.3 Å². The first-order chi connectivity index (χ1) is 18.7. The molecule has 0 amide bonds. The van der Waals surface area contributed by atoms with Crippen LogP contribution in [-0.4, -0.2) is 15.0 Å². The maximum absolute atomic E-state index is 6.45. The highest BCUT2D eigenvalue weighted by molar-refractivity contribution is 6.28. The van der Waals surface area contributed by atoms with Gasteiger partial charge in [0.25, 0.3) is 0 Å². The maximum atomic E-state index is 6.45. The van der Waals surface area contributed by atoms with Gasteiger partial charge in [-0.2, -0.15) is 9.97 Å². The van der Waals surface area contributed by atoms with Gasteiger partial charge in [0.05, 0.1) is 0 Å². The third-order valence-corrected chi connectivity index (χ3v) is 7.41. The average Bonchev–Trinajstić information content (AvgIpc) is 3.35. The standard InChI is InChI=1S/C33H18ClN3O/c34-33-36-31(35-32(37-33)20-14-16-30-28(18-20)26-11-5-6-12-29(26)38-30)19-13-15-25-23-9-2-1-7-21(23)22-8-3-4-10-24(22)27(25)17-19/h1-18H. The van der Waals surface area contributed by atoms with E-state index in [9.17, 15) is 0 Å². The summed E-state index contributed by atoms with van der Waals surface area (Å²) in [6.07, 6.45) is 0. The molecule has 0 N–H and O–H groups in total. The molecule has 0 saturated carbocycles. The maximum Gasteiger partial charge on any atom is 0.226 e. The third kappa shape index (κ3) is 3.21. The van der Waals surface area contributed by atoms with E-state index in [1.165, 1.54) is 26.9 Å². The molecule has 0 aliphatic heterocycles. The third-order valence-electron chi connectivity index (χ3n) is 7.25. The Kier molecular flexibility index (Phi) is 4.54. The van der Waals surface area contributed by atoms with Crippen LogP contribution in [0.5, 0.6) is 0 Å². The summed E-state index contributed by atoms with van der Waals surface area (Å²) < 4.78 is 5.99. The van der Waals surface area contributed by atoms with Crippen LogP contribution in [0.15, 0.2) is 114 Å². The Bertz CT molecular complexity index is 2180. The van der Waals surface area contributed by atoms with Crippen LogP contribution < -0.4 is 0 Å². The number of benzene rings is 6. The molecular weight excluding hydrogens is 490 g/mol.